The van der Waals surface area contributed by atoms with E-state index in [4.69, 9.17) is 0 Å². The summed E-state index contributed by atoms with van der Waals surface area (Å²) in [5.41, 5.74) is 2.55. The van der Waals surface area contributed by atoms with Crippen molar-refractivity contribution in [2.75, 3.05) is 6.54 Å². The summed E-state index contributed by atoms with van der Waals surface area (Å²) >= 11 is 1.71. The molecule has 0 N–H and O–H groups in total. The third-order valence-electron chi connectivity index (χ3n) is 6.67. The Balaban J connectivity index is 1.42. The zero-order valence-electron chi connectivity index (χ0n) is 17.4. The van der Waals surface area contributed by atoms with Crippen molar-refractivity contribution in [2.45, 2.75) is 58.9 Å². The summed E-state index contributed by atoms with van der Waals surface area (Å²) in [6, 6.07) is 8.09. The number of likely N-dealkylation sites (tertiary alicyclic amines) is 1. The molecule has 152 valence electrons. The van der Waals surface area contributed by atoms with Crippen molar-refractivity contribution in [1.29, 1.82) is 0 Å². The number of aromatic nitrogens is 3. The summed E-state index contributed by atoms with van der Waals surface area (Å²) in [7, 11) is 0. The minimum Gasteiger partial charge on any atom is -0.328 e. The molecule has 2 unspecified atom stereocenters. The van der Waals surface area contributed by atoms with Gasteiger partial charge in [0.15, 0.2) is 11.5 Å². The van der Waals surface area contributed by atoms with Crippen molar-refractivity contribution >= 4 is 22.9 Å². The van der Waals surface area contributed by atoms with E-state index in [1.54, 1.807) is 11.3 Å². The molecule has 1 aliphatic heterocycles. The second-order valence-corrected chi connectivity index (χ2v) is 10.6. The maximum atomic E-state index is 13.5. The fourth-order valence-corrected chi connectivity index (χ4v) is 6.04. The largest absolute Gasteiger partial charge is 0.328 e. The normalized spacial score (nSPS) is 22.2. The first kappa shape index (κ1) is 18.8. The van der Waals surface area contributed by atoms with Crippen molar-refractivity contribution in [2.24, 2.45) is 11.3 Å². The van der Waals surface area contributed by atoms with Gasteiger partial charge in [-0.2, -0.15) is 0 Å². The number of hydrogen-bond acceptors (Lipinski definition) is 4. The summed E-state index contributed by atoms with van der Waals surface area (Å²) in [4.78, 5) is 17.8. The highest BCUT2D eigenvalue weighted by Gasteiger charge is 2.36. The van der Waals surface area contributed by atoms with Gasteiger partial charge in [-0.15, -0.1) is 21.5 Å². The van der Waals surface area contributed by atoms with Crippen molar-refractivity contribution in [3.05, 3.63) is 51.6 Å². The van der Waals surface area contributed by atoms with E-state index < -0.39 is 0 Å². The van der Waals surface area contributed by atoms with Crippen molar-refractivity contribution < 1.29 is 4.79 Å². The summed E-state index contributed by atoms with van der Waals surface area (Å²) in [5.74, 6) is 1.72. The molecule has 1 fully saturated rings. The minimum absolute atomic E-state index is 0.00125. The second-order valence-electron chi connectivity index (χ2n) is 9.51. The van der Waals surface area contributed by atoms with Gasteiger partial charge in [-0.05, 0) is 67.2 Å². The van der Waals surface area contributed by atoms with Crippen LogP contribution in [0.5, 0.6) is 0 Å². The van der Waals surface area contributed by atoms with E-state index in [0.29, 0.717) is 11.3 Å². The molecule has 4 heterocycles. The number of nitrogens with zero attached hydrogens (tertiary/aromatic N) is 4. The SMILES string of the molecule is CC(C)(C)C1CCc2sc(C(=O)N3CCCC3c3nnc4ccccn34)cc2C1. The molecule has 3 aromatic rings. The van der Waals surface area contributed by atoms with Gasteiger partial charge in [0.05, 0.1) is 10.9 Å². The Hall–Kier alpha value is -2.21. The van der Waals surface area contributed by atoms with E-state index in [1.165, 1.54) is 16.9 Å². The van der Waals surface area contributed by atoms with Gasteiger partial charge in [0.2, 0.25) is 0 Å². The Morgan fingerprint density at radius 3 is 2.90 bits per heavy atom. The number of fused-ring (bicyclic) bond motifs is 2. The van der Waals surface area contributed by atoms with Crippen LogP contribution in [0.4, 0.5) is 0 Å². The van der Waals surface area contributed by atoms with E-state index in [-0.39, 0.29) is 11.9 Å². The topological polar surface area (TPSA) is 50.5 Å². The summed E-state index contributed by atoms with van der Waals surface area (Å²) < 4.78 is 2.02. The number of aryl methyl sites for hydroxylation is 1. The molecule has 1 saturated heterocycles. The Labute approximate surface area is 175 Å². The Bertz CT molecular complexity index is 1060. The molecule has 1 amide bonds. The molecule has 0 saturated carbocycles. The molecule has 0 spiro atoms. The second kappa shape index (κ2) is 6.94. The van der Waals surface area contributed by atoms with E-state index in [9.17, 15) is 4.79 Å². The lowest BCUT2D eigenvalue weighted by molar-refractivity contribution is 0.0734. The van der Waals surface area contributed by atoms with Crippen LogP contribution in [0.15, 0.2) is 30.5 Å². The number of carbonyl (C=O) groups is 1. The number of thiophene rings is 1. The molecule has 0 aromatic carbocycles. The van der Waals surface area contributed by atoms with Crippen molar-refractivity contribution in [3.63, 3.8) is 0 Å². The summed E-state index contributed by atoms with van der Waals surface area (Å²) in [6.45, 7) is 7.79. The van der Waals surface area contributed by atoms with Crippen LogP contribution in [0.2, 0.25) is 0 Å². The van der Waals surface area contributed by atoms with Crippen LogP contribution in [-0.4, -0.2) is 31.9 Å². The van der Waals surface area contributed by atoms with Crippen molar-refractivity contribution in [1.82, 2.24) is 19.5 Å². The predicted octanol–water partition coefficient (Wildman–Crippen LogP) is 4.92. The fraction of sp³-hybridized carbons (Fsp3) is 0.522. The van der Waals surface area contributed by atoms with Crippen LogP contribution in [0.1, 0.15) is 72.0 Å². The molecule has 0 radical (unpaired) electrons. The van der Waals surface area contributed by atoms with Gasteiger partial charge in [-0.1, -0.05) is 26.8 Å². The highest BCUT2D eigenvalue weighted by molar-refractivity contribution is 7.14. The first-order chi connectivity index (χ1) is 13.9. The highest BCUT2D eigenvalue weighted by atomic mass is 32.1. The van der Waals surface area contributed by atoms with Gasteiger partial charge in [0.1, 0.15) is 0 Å². The lowest BCUT2D eigenvalue weighted by Gasteiger charge is -2.33. The number of rotatable bonds is 2. The monoisotopic (exact) mass is 408 g/mol. The number of carbonyl (C=O) groups excluding carboxylic acids is 1. The quantitative estimate of drug-likeness (QED) is 0.605. The molecule has 5 nitrogen and oxygen atoms in total. The highest BCUT2D eigenvalue weighted by Crippen LogP contribution is 2.41. The van der Waals surface area contributed by atoms with E-state index in [2.05, 4.69) is 37.0 Å². The van der Waals surface area contributed by atoms with Crippen LogP contribution < -0.4 is 0 Å². The van der Waals surface area contributed by atoms with Crippen LogP contribution in [0.25, 0.3) is 5.65 Å². The zero-order valence-corrected chi connectivity index (χ0v) is 18.2. The molecule has 29 heavy (non-hydrogen) atoms. The van der Waals surface area contributed by atoms with Gasteiger partial charge in [0.25, 0.3) is 5.91 Å². The van der Waals surface area contributed by atoms with E-state index in [0.717, 1.165) is 48.6 Å². The van der Waals surface area contributed by atoms with E-state index in [1.807, 2.05) is 33.7 Å². The lowest BCUT2D eigenvalue weighted by Crippen LogP contribution is -2.31. The van der Waals surface area contributed by atoms with Crippen LogP contribution in [-0.2, 0) is 12.8 Å². The zero-order chi connectivity index (χ0) is 20.2. The van der Waals surface area contributed by atoms with Crippen LogP contribution in [0.3, 0.4) is 0 Å². The number of amides is 1. The maximum Gasteiger partial charge on any atom is 0.264 e. The molecule has 2 aliphatic rings. The van der Waals surface area contributed by atoms with Gasteiger partial charge in [0, 0.05) is 17.6 Å². The predicted molar refractivity (Wildman–Crippen MR) is 115 cm³/mol. The average molecular weight is 409 g/mol. The average Bonchev–Trinajstić information content (AvgIpc) is 3.42. The molecular weight excluding hydrogens is 380 g/mol. The Morgan fingerprint density at radius 2 is 2.07 bits per heavy atom. The first-order valence-corrected chi connectivity index (χ1v) is 11.5. The summed E-state index contributed by atoms with van der Waals surface area (Å²) in [5, 5.41) is 8.72. The van der Waals surface area contributed by atoms with E-state index >= 15 is 0 Å². The molecule has 6 heteroatoms. The fourth-order valence-electron chi connectivity index (χ4n) is 4.88. The smallest absolute Gasteiger partial charge is 0.264 e. The molecule has 1 aliphatic carbocycles. The molecule has 5 rings (SSSR count). The number of hydrogen-bond donors (Lipinski definition) is 0. The molecule has 3 aromatic heterocycles. The standard InChI is InChI=1S/C23H28N4OS/c1-23(2,3)16-9-10-18-15(13-16)14-19(29-18)22(28)26-12-6-7-17(26)21-25-24-20-8-4-5-11-27(20)21/h4-5,8,11,14,16-17H,6-7,9-10,12-13H2,1-3H3. The van der Waals surface area contributed by atoms with Gasteiger partial charge in [-0.3, -0.25) is 9.20 Å². The first-order valence-electron chi connectivity index (χ1n) is 10.6. The number of pyridine rings is 1. The van der Waals surface area contributed by atoms with Crippen molar-refractivity contribution in [3.8, 4) is 0 Å². The lowest BCUT2D eigenvalue weighted by atomic mass is 9.72. The maximum absolute atomic E-state index is 13.5. The van der Waals surface area contributed by atoms with Gasteiger partial charge < -0.3 is 4.90 Å². The molecule has 0 bridgehead atoms. The van der Waals surface area contributed by atoms with Gasteiger partial charge in [-0.25, -0.2) is 0 Å². The Morgan fingerprint density at radius 1 is 1.21 bits per heavy atom. The van der Waals surface area contributed by atoms with Crippen LogP contribution >= 0.6 is 11.3 Å². The minimum atomic E-state index is 0.00125. The summed E-state index contributed by atoms with van der Waals surface area (Å²) in [6.07, 6.45) is 7.37. The molecular formula is C23H28N4OS. The molecule has 2 atom stereocenters. The third kappa shape index (κ3) is 3.27. The van der Waals surface area contributed by atoms with Gasteiger partial charge >= 0.3 is 0 Å². The Kier molecular flexibility index (Phi) is 4.50. The van der Waals surface area contributed by atoms with Crippen LogP contribution in [0, 0.1) is 11.3 Å². The third-order valence-corrected chi connectivity index (χ3v) is 7.90.